The third kappa shape index (κ3) is 5.30. The zero-order valence-electron chi connectivity index (χ0n) is 13.4. The first-order valence-electron chi connectivity index (χ1n) is 8.67. The van der Waals surface area contributed by atoms with Crippen LogP contribution in [-0.4, -0.2) is 0 Å². The molecule has 1 aliphatic carbocycles. The van der Waals surface area contributed by atoms with Crippen molar-refractivity contribution in [2.24, 2.45) is 5.92 Å². The summed E-state index contributed by atoms with van der Waals surface area (Å²) in [7, 11) is 0. The van der Waals surface area contributed by atoms with Crippen LogP contribution in [0.4, 0.5) is 4.39 Å². The zero-order chi connectivity index (χ0) is 14.9. The molecular formula is C20H29F. The Kier molecular flexibility index (Phi) is 6.99. The Hall–Kier alpha value is -1.11. The first kappa shape index (κ1) is 16.3. The lowest BCUT2D eigenvalue weighted by molar-refractivity contribution is 0.303. The highest BCUT2D eigenvalue weighted by molar-refractivity contribution is 5.27. The number of rotatable bonds is 7. The van der Waals surface area contributed by atoms with Gasteiger partial charge in [-0.2, -0.15) is 0 Å². The Balaban J connectivity index is 1.79. The second kappa shape index (κ2) is 9.02. The highest BCUT2D eigenvalue weighted by Crippen LogP contribution is 2.37. The van der Waals surface area contributed by atoms with Gasteiger partial charge in [0.15, 0.2) is 0 Å². The Morgan fingerprint density at radius 3 is 2.38 bits per heavy atom. The molecule has 0 amide bonds. The van der Waals surface area contributed by atoms with E-state index < -0.39 is 0 Å². The molecule has 0 aliphatic heterocycles. The summed E-state index contributed by atoms with van der Waals surface area (Å²) in [5.41, 5.74) is 2.68. The molecule has 0 N–H and O–H groups in total. The largest absolute Gasteiger partial charge is 0.216 e. The van der Waals surface area contributed by atoms with Crippen LogP contribution in [0.25, 0.3) is 0 Å². The van der Waals surface area contributed by atoms with Crippen molar-refractivity contribution < 1.29 is 4.39 Å². The molecule has 0 aromatic heterocycles. The minimum absolute atomic E-state index is 0.633. The van der Waals surface area contributed by atoms with Crippen LogP contribution in [0.5, 0.6) is 0 Å². The van der Waals surface area contributed by atoms with Gasteiger partial charge in [-0.15, -0.1) is 0 Å². The van der Waals surface area contributed by atoms with E-state index in [-0.39, 0.29) is 0 Å². The fourth-order valence-corrected chi connectivity index (χ4v) is 3.57. The highest BCUT2D eigenvalue weighted by atomic mass is 19.1. The molecule has 1 aromatic carbocycles. The van der Waals surface area contributed by atoms with E-state index in [0.717, 1.165) is 11.8 Å². The van der Waals surface area contributed by atoms with E-state index in [9.17, 15) is 4.39 Å². The summed E-state index contributed by atoms with van der Waals surface area (Å²) >= 11 is 0. The molecule has 1 aliphatic rings. The summed E-state index contributed by atoms with van der Waals surface area (Å²) < 4.78 is 12.0. The molecule has 1 aromatic rings. The van der Waals surface area contributed by atoms with Crippen LogP contribution >= 0.6 is 0 Å². The fourth-order valence-electron chi connectivity index (χ4n) is 3.57. The first-order valence-corrected chi connectivity index (χ1v) is 8.67. The van der Waals surface area contributed by atoms with Crippen molar-refractivity contribution >= 4 is 0 Å². The molecular weight excluding hydrogens is 259 g/mol. The number of hydrogen-bond acceptors (Lipinski definition) is 0. The van der Waals surface area contributed by atoms with Crippen molar-refractivity contribution in [2.75, 3.05) is 0 Å². The van der Waals surface area contributed by atoms with Crippen LogP contribution in [0.3, 0.4) is 0 Å². The molecule has 1 saturated carbocycles. The maximum atomic E-state index is 12.0. The minimum atomic E-state index is 0.633. The number of unbranched alkanes of at least 4 members (excludes halogenated alkanes) is 2. The molecule has 0 bridgehead atoms. The molecule has 116 valence electrons. The van der Waals surface area contributed by atoms with Gasteiger partial charge in [0.05, 0.1) is 6.33 Å². The van der Waals surface area contributed by atoms with Gasteiger partial charge in [0.2, 0.25) is 0 Å². The van der Waals surface area contributed by atoms with Gasteiger partial charge in [-0.3, -0.25) is 0 Å². The van der Waals surface area contributed by atoms with Crippen LogP contribution < -0.4 is 0 Å². The summed E-state index contributed by atoms with van der Waals surface area (Å²) in [4.78, 5) is 0. The lowest BCUT2D eigenvalue weighted by atomic mass is 9.77. The normalized spacial score (nSPS) is 22.8. The van der Waals surface area contributed by atoms with Gasteiger partial charge in [-0.25, -0.2) is 4.39 Å². The Bertz CT molecular complexity index is 410. The minimum Gasteiger partial charge on any atom is -0.216 e. The molecule has 21 heavy (non-hydrogen) atoms. The summed E-state index contributed by atoms with van der Waals surface area (Å²) in [5, 5.41) is 0. The van der Waals surface area contributed by atoms with Crippen molar-refractivity contribution in [1.82, 2.24) is 0 Å². The van der Waals surface area contributed by atoms with Crippen LogP contribution in [0.2, 0.25) is 0 Å². The monoisotopic (exact) mass is 288 g/mol. The number of halogens is 1. The van der Waals surface area contributed by atoms with E-state index in [1.165, 1.54) is 62.5 Å². The lowest BCUT2D eigenvalue weighted by Gasteiger charge is -2.29. The second-order valence-electron chi connectivity index (χ2n) is 6.52. The Labute approximate surface area is 129 Å². The SMILES string of the molecule is CCCCCC1CCC(c2ccc(CC=CF)cc2)CC1. The summed E-state index contributed by atoms with van der Waals surface area (Å²) in [6, 6.07) is 8.82. The van der Waals surface area contributed by atoms with Crippen LogP contribution in [-0.2, 0) is 6.42 Å². The van der Waals surface area contributed by atoms with E-state index >= 15 is 0 Å². The van der Waals surface area contributed by atoms with Crippen molar-refractivity contribution in [2.45, 2.75) is 70.6 Å². The van der Waals surface area contributed by atoms with E-state index in [4.69, 9.17) is 0 Å². The van der Waals surface area contributed by atoms with Crippen molar-refractivity contribution in [3.05, 3.63) is 47.8 Å². The Morgan fingerprint density at radius 1 is 1.05 bits per heavy atom. The molecule has 2 rings (SSSR count). The van der Waals surface area contributed by atoms with E-state index in [0.29, 0.717) is 12.8 Å². The molecule has 0 atom stereocenters. The van der Waals surface area contributed by atoms with Crippen molar-refractivity contribution in [1.29, 1.82) is 0 Å². The van der Waals surface area contributed by atoms with Crippen LogP contribution in [0.1, 0.15) is 75.3 Å². The van der Waals surface area contributed by atoms with Gasteiger partial charge >= 0.3 is 0 Å². The van der Waals surface area contributed by atoms with Crippen molar-refractivity contribution in [3.8, 4) is 0 Å². The average Bonchev–Trinajstić information content (AvgIpc) is 2.54. The zero-order valence-corrected chi connectivity index (χ0v) is 13.4. The highest BCUT2D eigenvalue weighted by Gasteiger charge is 2.21. The lowest BCUT2D eigenvalue weighted by Crippen LogP contribution is -2.13. The van der Waals surface area contributed by atoms with Crippen LogP contribution in [0, 0.1) is 5.92 Å². The number of benzene rings is 1. The molecule has 0 unspecified atom stereocenters. The maximum absolute atomic E-state index is 12.0. The van der Waals surface area contributed by atoms with E-state index in [1.54, 1.807) is 6.08 Å². The predicted octanol–water partition coefficient (Wildman–Crippen LogP) is 6.57. The van der Waals surface area contributed by atoms with Gasteiger partial charge < -0.3 is 0 Å². The third-order valence-corrected chi connectivity index (χ3v) is 4.96. The number of hydrogen-bond donors (Lipinski definition) is 0. The van der Waals surface area contributed by atoms with Gasteiger partial charge in [0.25, 0.3) is 0 Å². The van der Waals surface area contributed by atoms with E-state index in [1.807, 2.05) is 0 Å². The fraction of sp³-hybridized carbons (Fsp3) is 0.600. The van der Waals surface area contributed by atoms with Gasteiger partial charge in [-0.1, -0.05) is 62.9 Å². The molecule has 0 radical (unpaired) electrons. The van der Waals surface area contributed by atoms with Gasteiger partial charge in [-0.05, 0) is 55.1 Å². The first-order chi connectivity index (χ1) is 10.3. The quantitative estimate of drug-likeness (QED) is 0.498. The number of allylic oxidation sites excluding steroid dienone is 1. The second-order valence-corrected chi connectivity index (χ2v) is 6.52. The van der Waals surface area contributed by atoms with E-state index in [2.05, 4.69) is 31.2 Å². The molecule has 0 spiro atoms. The standard InChI is InChI=1S/C20H29F/c1-2-3-4-6-17-8-12-19(13-9-17)20-14-10-18(11-15-20)7-5-16-21/h5,10-11,14-17,19H,2-4,6-9,12-13H2,1H3. The Morgan fingerprint density at radius 2 is 1.76 bits per heavy atom. The average molecular weight is 288 g/mol. The van der Waals surface area contributed by atoms with Gasteiger partial charge in [0.1, 0.15) is 0 Å². The molecule has 1 fully saturated rings. The smallest absolute Gasteiger partial charge is 0.0830 e. The molecule has 0 heterocycles. The summed E-state index contributed by atoms with van der Waals surface area (Å²) in [6.07, 6.45) is 14.0. The maximum Gasteiger partial charge on any atom is 0.0830 e. The topological polar surface area (TPSA) is 0 Å². The third-order valence-electron chi connectivity index (χ3n) is 4.96. The predicted molar refractivity (Wildman–Crippen MR) is 89.2 cm³/mol. The summed E-state index contributed by atoms with van der Waals surface area (Å²) in [5.74, 6) is 1.72. The molecule has 0 saturated heterocycles. The molecule has 1 heteroatoms. The van der Waals surface area contributed by atoms with Gasteiger partial charge in [0, 0.05) is 0 Å². The molecule has 0 nitrogen and oxygen atoms in total. The van der Waals surface area contributed by atoms with Crippen LogP contribution in [0.15, 0.2) is 36.7 Å². The summed E-state index contributed by atoms with van der Waals surface area (Å²) in [6.45, 7) is 2.28. The van der Waals surface area contributed by atoms with Crippen molar-refractivity contribution in [3.63, 3.8) is 0 Å².